The van der Waals surface area contributed by atoms with Gasteiger partial charge in [-0.2, -0.15) is 15.0 Å². The number of aliphatic hydroxyl groups is 1. The summed E-state index contributed by atoms with van der Waals surface area (Å²) in [5.74, 6) is 1.85. The topological polar surface area (TPSA) is 126 Å². The molecule has 0 spiro atoms. The van der Waals surface area contributed by atoms with Gasteiger partial charge in [0, 0.05) is 6.42 Å². The number of aliphatic hydroxyl groups excluding tert-OH is 1. The Morgan fingerprint density at radius 1 is 1.07 bits per heavy atom. The van der Waals surface area contributed by atoms with Gasteiger partial charge in [-0.25, -0.2) is 8.42 Å². The number of ether oxygens (including phenoxy) is 1. The van der Waals surface area contributed by atoms with Gasteiger partial charge in [0.1, 0.15) is 11.6 Å². The second kappa shape index (κ2) is 10.5. The lowest BCUT2D eigenvalue weighted by atomic mass is 9.97. The molecule has 2 aromatic rings. The summed E-state index contributed by atoms with van der Waals surface area (Å²) in [6.45, 7) is 6.06. The van der Waals surface area contributed by atoms with E-state index in [0.717, 1.165) is 17.6 Å². The third-order valence-corrected chi connectivity index (χ3v) is 4.99. The molecular weight excluding hydrogens is 406 g/mol. The summed E-state index contributed by atoms with van der Waals surface area (Å²) < 4.78 is 30.8. The first kappa shape index (κ1) is 23.8. The van der Waals surface area contributed by atoms with Crippen LogP contribution in [0.1, 0.15) is 44.5 Å². The standard InChI is InChI=1S/C20H31N5O4S/c1-13(2)10-16(12-26)21-19-22-18(23-20(24-19)25-30(5,27)28)11-14(3)15-6-8-17(29-4)9-7-15/h6-9,13-14,16,26H,10-12H2,1-5H3,(H2,21,22,23,24,25)/t14?,16-/m1/s1. The highest BCUT2D eigenvalue weighted by Gasteiger charge is 2.17. The van der Waals surface area contributed by atoms with Crippen LogP contribution < -0.4 is 14.8 Å². The maximum atomic E-state index is 11.7. The van der Waals surface area contributed by atoms with Crippen molar-refractivity contribution in [3.8, 4) is 5.75 Å². The summed E-state index contributed by atoms with van der Waals surface area (Å²) in [7, 11) is -1.93. The van der Waals surface area contributed by atoms with Gasteiger partial charge < -0.3 is 15.2 Å². The Hall–Kier alpha value is -2.46. The molecule has 30 heavy (non-hydrogen) atoms. The number of benzene rings is 1. The van der Waals surface area contributed by atoms with Crippen LogP contribution in [0.2, 0.25) is 0 Å². The van der Waals surface area contributed by atoms with Crippen LogP contribution in [0.5, 0.6) is 5.75 Å². The van der Waals surface area contributed by atoms with Crippen molar-refractivity contribution < 1.29 is 18.3 Å². The van der Waals surface area contributed by atoms with Gasteiger partial charge in [0.15, 0.2) is 0 Å². The van der Waals surface area contributed by atoms with E-state index in [2.05, 4.69) is 38.8 Å². The minimum atomic E-state index is -3.55. The Kier molecular flexibility index (Phi) is 8.36. The zero-order chi connectivity index (χ0) is 22.3. The van der Waals surface area contributed by atoms with E-state index in [1.54, 1.807) is 7.11 Å². The van der Waals surface area contributed by atoms with Crippen molar-refractivity contribution in [1.29, 1.82) is 0 Å². The van der Waals surface area contributed by atoms with E-state index < -0.39 is 10.0 Å². The van der Waals surface area contributed by atoms with Gasteiger partial charge in [-0.15, -0.1) is 0 Å². The molecule has 0 aliphatic carbocycles. The van der Waals surface area contributed by atoms with Crippen molar-refractivity contribution in [3.63, 3.8) is 0 Å². The van der Waals surface area contributed by atoms with Gasteiger partial charge in [-0.05, 0) is 36.0 Å². The molecule has 0 saturated heterocycles. The molecule has 0 aliphatic rings. The predicted octanol–water partition coefficient (Wildman–Crippen LogP) is 2.42. The fourth-order valence-corrected chi connectivity index (χ4v) is 3.46. The first-order chi connectivity index (χ1) is 14.1. The Bertz CT molecular complexity index is 919. The Morgan fingerprint density at radius 2 is 1.70 bits per heavy atom. The molecule has 10 heteroatoms. The fourth-order valence-electron chi connectivity index (χ4n) is 3.04. The quantitative estimate of drug-likeness (QED) is 0.489. The summed E-state index contributed by atoms with van der Waals surface area (Å²) in [6, 6.07) is 7.49. The number of anilines is 2. The first-order valence-corrected chi connectivity index (χ1v) is 11.7. The maximum absolute atomic E-state index is 11.7. The molecule has 0 saturated carbocycles. The minimum absolute atomic E-state index is 0.0480. The number of rotatable bonds is 11. The summed E-state index contributed by atoms with van der Waals surface area (Å²) in [5, 5.41) is 12.7. The van der Waals surface area contributed by atoms with E-state index in [9.17, 15) is 13.5 Å². The van der Waals surface area contributed by atoms with Crippen LogP contribution in [0.3, 0.4) is 0 Å². The summed E-state index contributed by atoms with van der Waals surface area (Å²) >= 11 is 0. The van der Waals surface area contributed by atoms with Crippen molar-refractivity contribution in [2.45, 2.75) is 45.6 Å². The average molecular weight is 438 g/mol. The molecule has 9 nitrogen and oxygen atoms in total. The molecule has 1 aromatic heterocycles. The lowest BCUT2D eigenvalue weighted by molar-refractivity contribution is 0.259. The third kappa shape index (κ3) is 7.75. The summed E-state index contributed by atoms with van der Waals surface area (Å²) in [5.41, 5.74) is 1.08. The van der Waals surface area contributed by atoms with E-state index >= 15 is 0 Å². The molecule has 1 heterocycles. The third-order valence-electron chi connectivity index (χ3n) is 4.44. The molecular formula is C20H31N5O4S. The molecule has 166 valence electrons. The number of aromatic nitrogens is 3. The van der Waals surface area contributed by atoms with E-state index in [4.69, 9.17) is 4.74 Å². The van der Waals surface area contributed by atoms with E-state index in [0.29, 0.717) is 24.6 Å². The van der Waals surface area contributed by atoms with Crippen molar-refractivity contribution in [3.05, 3.63) is 35.7 Å². The van der Waals surface area contributed by atoms with E-state index in [1.807, 2.05) is 31.2 Å². The van der Waals surface area contributed by atoms with Crippen molar-refractivity contribution >= 4 is 21.9 Å². The maximum Gasteiger partial charge on any atom is 0.241 e. The smallest absolute Gasteiger partial charge is 0.241 e. The number of hydrogen-bond acceptors (Lipinski definition) is 8. The van der Waals surface area contributed by atoms with Gasteiger partial charge >= 0.3 is 0 Å². The van der Waals surface area contributed by atoms with E-state index in [-0.39, 0.29) is 30.5 Å². The molecule has 0 amide bonds. The van der Waals surface area contributed by atoms with Crippen molar-refractivity contribution in [2.75, 3.05) is 30.0 Å². The van der Waals surface area contributed by atoms with Crippen LogP contribution in [-0.4, -0.2) is 54.5 Å². The van der Waals surface area contributed by atoms with Crippen LogP contribution in [0.15, 0.2) is 24.3 Å². The predicted molar refractivity (Wildman–Crippen MR) is 117 cm³/mol. The van der Waals surface area contributed by atoms with Gasteiger partial charge in [0.05, 0.1) is 26.0 Å². The lowest BCUT2D eigenvalue weighted by Gasteiger charge is -2.19. The molecule has 0 fully saturated rings. The van der Waals surface area contributed by atoms with E-state index in [1.165, 1.54) is 0 Å². The molecule has 1 unspecified atom stereocenters. The fraction of sp³-hybridized carbons (Fsp3) is 0.550. The zero-order valence-electron chi connectivity index (χ0n) is 18.1. The Labute approximate surface area is 178 Å². The number of nitrogens with one attached hydrogen (secondary N) is 2. The lowest BCUT2D eigenvalue weighted by Crippen LogP contribution is -2.27. The average Bonchev–Trinajstić information content (AvgIpc) is 2.65. The largest absolute Gasteiger partial charge is 0.497 e. The normalized spacial score (nSPS) is 13.7. The highest BCUT2D eigenvalue weighted by atomic mass is 32.2. The molecule has 2 atom stereocenters. The summed E-state index contributed by atoms with van der Waals surface area (Å²) in [4.78, 5) is 12.9. The molecule has 2 rings (SSSR count). The van der Waals surface area contributed by atoms with Gasteiger partial charge in [-0.1, -0.05) is 32.9 Å². The number of nitrogens with zero attached hydrogens (tertiary/aromatic N) is 3. The zero-order valence-corrected chi connectivity index (χ0v) is 18.9. The molecule has 3 N–H and O–H groups in total. The van der Waals surface area contributed by atoms with Gasteiger partial charge in [0.25, 0.3) is 0 Å². The van der Waals surface area contributed by atoms with Crippen LogP contribution in [0.25, 0.3) is 0 Å². The van der Waals surface area contributed by atoms with Crippen LogP contribution in [-0.2, 0) is 16.4 Å². The molecule has 0 radical (unpaired) electrons. The Morgan fingerprint density at radius 3 is 2.23 bits per heavy atom. The number of methoxy groups -OCH3 is 1. The highest BCUT2D eigenvalue weighted by molar-refractivity contribution is 7.91. The van der Waals surface area contributed by atoms with Crippen molar-refractivity contribution in [1.82, 2.24) is 15.0 Å². The second-order valence-electron chi connectivity index (χ2n) is 7.80. The highest BCUT2D eigenvalue weighted by Crippen LogP contribution is 2.23. The van der Waals surface area contributed by atoms with Crippen LogP contribution in [0, 0.1) is 5.92 Å². The second-order valence-corrected chi connectivity index (χ2v) is 9.55. The minimum Gasteiger partial charge on any atom is -0.497 e. The van der Waals surface area contributed by atoms with Crippen LogP contribution in [0.4, 0.5) is 11.9 Å². The van der Waals surface area contributed by atoms with Crippen molar-refractivity contribution in [2.24, 2.45) is 5.92 Å². The van der Waals surface area contributed by atoms with Gasteiger partial charge in [-0.3, -0.25) is 4.72 Å². The monoisotopic (exact) mass is 437 g/mol. The number of hydrogen-bond donors (Lipinski definition) is 3. The van der Waals surface area contributed by atoms with Crippen LogP contribution >= 0.6 is 0 Å². The first-order valence-electron chi connectivity index (χ1n) is 9.83. The molecule has 0 bridgehead atoms. The molecule has 0 aliphatic heterocycles. The Balaban J connectivity index is 2.28. The number of sulfonamides is 1. The summed E-state index contributed by atoms with van der Waals surface area (Å²) in [6.07, 6.45) is 2.24. The molecule has 1 aromatic carbocycles. The SMILES string of the molecule is COc1ccc(C(C)Cc2nc(N[C@@H](CO)CC(C)C)nc(NS(C)(=O)=O)n2)cc1. The van der Waals surface area contributed by atoms with Gasteiger partial charge in [0.2, 0.25) is 21.9 Å².